The average Bonchev–Trinajstić information content (AvgIpc) is 3.00. The van der Waals surface area contributed by atoms with Crippen molar-refractivity contribution in [2.75, 3.05) is 19.3 Å². The van der Waals surface area contributed by atoms with Gasteiger partial charge in [-0.25, -0.2) is 0 Å². The number of imide groups is 1. The summed E-state index contributed by atoms with van der Waals surface area (Å²) in [5, 5.41) is 2.85. The Morgan fingerprint density at radius 3 is 2.59 bits per heavy atom. The van der Waals surface area contributed by atoms with E-state index in [9.17, 15) is 14.4 Å². The summed E-state index contributed by atoms with van der Waals surface area (Å²) in [7, 11) is 0. The molecule has 1 aliphatic heterocycles. The van der Waals surface area contributed by atoms with Crippen molar-refractivity contribution in [1.82, 2.24) is 10.2 Å². The van der Waals surface area contributed by atoms with Crippen LogP contribution in [0, 0.1) is 11.8 Å². The SMILES string of the molecule is C=C/C=C(\C=C/CC)CCNC(=O)C1CCC(CN2C(=O)CC(SC)C2=O)CC1. The van der Waals surface area contributed by atoms with Gasteiger partial charge in [0.1, 0.15) is 0 Å². The first-order valence-electron chi connectivity index (χ1n) is 10.6. The number of nitrogens with one attached hydrogen (secondary N) is 1. The highest BCUT2D eigenvalue weighted by Gasteiger charge is 2.39. The molecule has 0 aromatic rings. The number of likely N-dealkylation sites (tertiary alicyclic amines) is 1. The van der Waals surface area contributed by atoms with E-state index in [-0.39, 0.29) is 28.9 Å². The molecule has 0 bridgehead atoms. The third kappa shape index (κ3) is 6.88. The summed E-state index contributed by atoms with van der Waals surface area (Å²) in [5.41, 5.74) is 1.16. The van der Waals surface area contributed by atoms with E-state index in [1.165, 1.54) is 16.7 Å². The van der Waals surface area contributed by atoms with Gasteiger partial charge in [0.2, 0.25) is 17.7 Å². The Labute approximate surface area is 179 Å². The third-order valence-corrected chi connectivity index (χ3v) is 6.70. The van der Waals surface area contributed by atoms with Crippen LogP contribution in [0.2, 0.25) is 0 Å². The predicted octanol–water partition coefficient (Wildman–Crippen LogP) is 3.87. The number of nitrogens with zero attached hydrogens (tertiary/aromatic N) is 1. The van der Waals surface area contributed by atoms with Crippen LogP contribution in [0.1, 0.15) is 51.9 Å². The highest BCUT2D eigenvalue weighted by molar-refractivity contribution is 8.00. The first-order chi connectivity index (χ1) is 14.0. The molecule has 5 nitrogen and oxygen atoms in total. The molecule has 3 amide bonds. The molecule has 2 fully saturated rings. The number of hydrogen-bond donors (Lipinski definition) is 1. The van der Waals surface area contributed by atoms with E-state index in [0.29, 0.717) is 25.4 Å². The quantitative estimate of drug-likeness (QED) is 0.432. The molecular formula is C23H34N2O3S. The van der Waals surface area contributed by atoms with Gasteiger partial charge in [-0.3, -0.25) is 19.3 Å². The van der Waals surface area contributed by atoms with Crippen molar-refractivity contribution in [2.45, 2.75) is 57.1 Å². The molecule has 6 heteroatoms. The maximum Gasteiger partial charge on any atom is 0.242 e. The second-order valence-electron chi connectivity index (χ2n) is 7.82. The molecule has 29 heavy (non-hydrogen) atoms. The van der Waals surface area contributed by atoms with Crippen LogP contribution in [0.15, 0.2) is 36.5 Å². The van der Waals surface area contributed by atoms with Crippen LogP contribution in [0.4, 0.5) is 0 Å². The Morgan fingerprint density at radius 1 is 1.28 bits per heavy atom. The molecular weight excluding hydrogens is 384 g/mol. The maximum atomic E-state index is 12.5. The predicted molar refractivity (Wildman–Crippen MR) is 119 cm³/mol. The fraction of sp³-hybridized carbons (Fsp3) is 0.609. The van der Waals surface area contributed by atoms with Crippen molar-refractivity contribution in [2.24, 2.45) is 11.8 Å². The van der Waals surface area contributed by atoms with Gasteiger partial charge in [-0.05, 0) is 56.3 Å². The third-order valence-electron chi connectivity index (χ3n) is 5.76. The summed E-state index contributed by atoms with van der Waals surface area (Å²) >= 11 is 1.45. The zero-order valence-corrected chi connectivity index (χ0v) is 18.5. The molecule has 1 saturated carbocycles. The van der Waals surface area contributed by atoms with Crippen molar-refractivity contribution in [3.63, 3.8) is 0 Å². The lowest BCUT2D eigenvalue weighted by molar-refractivity contribution is -0.139. The van der Waals surface area contributed by atoms with Crippen molar-refractivity contribution in [1.29, 1.82) is 0 Å². The van der Waals surface area contributed by atoms with Gasteiger partial charge in [-0.2, -0.15) is 11.8 Å². The van der Waals surface area contributed by atoms with Gasteiger partial charge in [0.15, 0.2) is 0 Å². The zero-order chi connectivity index (χ0) is 21.2. The molecule has 0 aromatic carbocycles. The molecule has 0 spiro atoms. The van der Waals surface area contributed by atoms with Crippen LogP contribution in [0.5, 0.6) is 0 Å². The largest absolute Gasteiger partial charge is 0.356 e. The second kappa shape index (κ2) is 12.0. The van der Waals surface area contributed by atoms with E-state index in [2.05, 4.69) is 31.0 Å². The molecule has 1 atom stereocenters. The lowest BCUT2D eigenvalue weighted by Gasteiger charge is -2.30. The molecule has 1 aliphatic carbocycles. The van der Waals surface area contributed by atoms with Gasteiger partial charge >= 0.3 is 0 Å². The normalized spacial score (nSPS) is 25.7. The van der Waals surface area contributed by atoms with E-state index in [0.717, 1.165) is 44.1 Å². The summed E-state index contributed by atoms with van der Waals surface area (Å²) in [6.07, 6.45) is 15.3. The summed E-state index contributed by atoms with van der Waals surface area (Å²) in [6, 6.07) is 0. The van der Waals surface area contributed by atoms with Crippen molar-refractivity contribution in [3.05, 3.63) is 36.5 Å². The summed E-state index contributed by atoms with van der Waals surface area (Å²) in [4.78, 5) is 38.3. The molecule has 0 aromatic heterocycles. The average molecular weight is 419 g/mol. The minimum atomic E-state index is -0.211. The molecule has 2 aliphatic rings. The Hall–Kier alpha value is -1.82. The number of rotatable bonds is 10. The van der Waals surface area contributed by atoms with E-state index in [1.807, 2.05) is 12.3 Å². The summed E-state index contributed by atoms with van der Waals surface area (Å²) in [6.45, 7) is 6.98. The van der Waals surface area contributed by atoms with Crippen LogP contribution < -0.4 is 5.32 Å². The first-order valence-corrected chi connectivity index (χ1v) is 11.9. The van der Waals surface area contributed by atoms with Crippen LogP contribution in [-0.2, 0) is 14.4 Å². The van der Waals surface area contributed by atoms with Crippen molar-refractivity contribution in [3.8, 4) is 0 Å². The lowest BCUT2D eigenvalue weighted by Crippen LogP contribution is -2.39. The Kier molecular flexibility index (Phi) is 9.71. The van der Waals surface area contributed by atoms with Gasteiger partial charge < -0.3 is 5.32 Å². The molecule has 1 N–H and O–H groups in total. The van der Waals surface area contributed by atoms with Gasteiger partial charge in [-0.1, -0.05) is 37.8 Å². The highest BCUT2D eigenvalue weighted by atomic mass is 32.2. The van der Waals surface area contributed by atoms with Crippen LogP contribution in [0.25, 0.3) is 0 Å². The number of amides is 3. The fourth-order valence-electron chi connectivity index (χ4n) is 4.01. The Bertz CT molecular complexity index is 663. The summed E-state index contributed by atoms with van der Waals surface area (Å²) < 4.78 is 0. The number of allylic oxidation sites excluding steroid dienone is 4. The van der Waals surface area contributed by atoms with E-state index in [1.54, 1.807) is 6.08 Å². The van der Waals surface area contributed by atoms with Gasteiger partial charge in [-0.15, -0.1) is 0 Å². The number of carbonyl (C=O) groups excluding carboxylic acids is 3. The molecule has 2 rings (SSSR count). The van der Waals surface area contributed by atoms with E-state index < -0.39 is 0 Å². The van der Waals surface area contributed by atoms with Crippen molar-refractivity contribution < 1.29 is 14.4 Å². The lowest BCUT2D eigenvalue weighted by atomic mass is 9.81. The molecule has 1 heterocycles. The van der Waals surface area contributed by atoms with E-state index in [4.69, 9.17) is 0 Å². The molecule has 1 saturated heterocycles. The monoisotopic (exact) mass is 418 g/mol. The Balaban J connectivity index is 1.73. The second-order valence-corrected chi connectivity index (χ2v) is 8.86. The van der Waals surface area contributed by atoms with Crippen LogP contribution in [0.3, 0.4) is 0 Å². The molecule has 0 radical (unpaired) electrons. The van der Waals surface area contributed by atoms with Gasteiger partial charge in [0.05, 0.1) is 5.25 Å². The zero-order valence-electron chi connectivity index (χ0n) is 17.7. The molecule has 1 unspecified atom stereocenters. The topological polar surface area (TPSA) is 66.5 Å². The van der Waals surface area contributed by atoms with Crippen LogP contribution in [-0.4, -0.2) is 47.2 Å². The maximum absolute atomic E-state index is 12.5. The fourth-order valence-corrected chi connectivity index (χ4v) is 4.65. The minimum Gasteiger partial charge on any atom is -0.356 e. The smallest absolute Gasteiger partial charge is 0.242 e. The van der Waals surface area contributed by atoms with E-state index >= 15 is 0 Å². The molecule has 160 valence electrons. The number of hydrogen-bond acceptors (Lipinski definition) is 4. The number of thioether (sulfide) groups is 1. The minimum absolute atomic E-state index is 0.0354. The van der Waals surface area contributed by atoms with Crippen LogP contribution >= 0.6 is 11.8 Å². The Morgan fingerprint density at radius 2 is 2.00 bits per heavy atom. The van der Waals surface area contributed by atoms with Crippen molar-refractivity contribution >= 4 is 29.5 Å². The number of carbonyl (C=O) groups is 3. The standard InChI is InChI=1S/C23H34N2O3S/c1-4-6-8-17(7-5-2)13-14-24-22(27)19-11-9-18(10-12-19)16-25-21(26)15-20(29-3)23(25)28/h5-8,18-20H,2,4,9-16H2,1,3H3,(H,24,27)/b8-6-,17-7+. The first kappa shape index (κ1) is 23.5. The summed E-state index contributed by atoms with van der Waals surface area (Å²) in [5.74, 6) is 0.385. The highest BCUT2D eigenvalue weighted by Crippen LogP contribution is 2.32. The van der Waals surface area contributed by atoms with Gasteiger partial charge in [0, 0.05) is 25.4 Å². The van der Waals surface area contributed by atoms with Gasteiger partial charge in [0.25, 0.3) is 0 Å².